The smallest absolute Gasteiger partial charge is 0.252 e. The van der Waals surface area contributed by atoms with Gasteiger partial charge in [0.25, 0.3) is 5.91 Å². The summed E-state index contributed by atoms with van der Waals surface area (Å²) < 4.78 is 2.52. The monoisotopic (exact) mass is 370 g/mol. The highest BCUT2D eigenvalue weighted by Gasteiger charge is 2.09. The average Bonchev–Trinajstić information content (AvgIpc) is 3.00. The standard InChI is InChI=1S/C17H15BrN4O/c1-22-11-13(10-21-22)16-7-6-12(8-19-16)9-20-17(23)14-4-2-3-5-15(14)18/h2-8,10-11H,9H2,1H3,(H,20,23). The van der Waals surface area contributed by atoms with E-state index in [1.54, 1.807) is 23.1 Å². The second-order valence-corrected chi connectivity index (χ2v) is 5.97. The summed E-state index contributed by atoms with van der Waals surface area (Å²) in [5.41, 5.74) is 3.39. The number of halogens is 1. The quantitative estimate of drug-likeness (QED) is 0.767. The molecule has 5 nitrogen and oxygen atoms in total. The molecule has 1 N–H and O–H groups in total. The van der Waals surface area contributed by atoms with Gasteiger partial charge in [-0.25, -0.2) is 0 Å². The lowest BCUT2D eigenvalue weighted by atomic mass is 10.2. The number of benzene rings is 1. The number of aryl methyl sites for hydroxylation is 1. The molecule has 0 atom stereocenters. The lowest BCUT2D eigenvalue weighted by Gasteiger charge is -2.07. The van der Waals surface area contributed by atoms with E-state index in [0.717, 1.165) is 21.3 Å². The highest BCUT2D eigenvalue weighted by Crippen LogP contribution is 2.17. The number of rotatable bonds is 4. The molecule has 0 saturated heterocycles. The van der Waals surface area contributed by atoms with Crippen LogP contribution in [0.2, 0.25) is 0 Å². The molecule has 3 rings (SSSR count). The van der Waals surface area contributed by atoms with E-state index < -0.39 is 0 Å². The van der Waals surface area contributed by atoms with E-state index in [9.17, 15) is 4.79 Å². The number of hydrogen-bond acceptors (Lipinski definition) is 3. The fourth-order valence-corrected chi connectivity index (χ4v) is 2.64. The van der Waals surface area contributed by atoms with Crippen molar-refractivity contribution in [3.63, 3.8) is 0 Å². The summed E-state index contributed by atoms with van der Waals surface area (Å²) in [5, 5.41) is 7.03. The first-order valence-electron chi connectivity index (χ1n) is 7.10. The molecule has 0 aliphatic rings. The van der Waals surface area contributed by atoms with E-state index in [4.69, 9.17) is 0 Å². The lowest BCUT2D eigenvalue weighted by molar-refractivity contribution is 0.0950. The topological polar surface area (TPSA) is 59.8 Å². The van der Waals surface area contributed by atoms with E-state index in [0.29, 0.717) is 12.1 Å². The molecule has 0 unspecified atom stereocenters. The lowest BCUT2D eigenvalue weighted by Crippen LogP contribution is -2.23. The van der Waals surface area contributed by atoms with Crippen LogP contribution >= 0.6 is 15.9 Å². The Kier molecular flexibility index (Phi) is 4.52. The largest absolute Gasteiger partial charge is 0.348 e. The summed E-state index contributed by atoms with van der Waals surface area (Å²) in [7, 11) is 1.87. The molecule has 0 aliphatic carbocycles. The van der Waals surface area contributed by atoms with Gasteiger partial charge in [-0.1, -0.05) is 18.2 Å². The van der Waals surface area contributed by atoms with Crippen LogP contribution in [0.4, 0.5) is 0 Å². The van der Waals surface area contributed by atoms with Crippen LogP contribution in [0, 0.1) is 0 Å². The fraction of sp³-hybridized carbons (Fsp3) is 0.118. The Morgan fingerprint density at radius 2 is 2.04 bits per heavy atom. The Balaban J connectivity index is 1.65. The maximum Gasteiger partial charge on any atom is 0.252 e. The van der Waals surface area contributed by atoms with Crippen molar-refractivity contribution in [3.05, 3.63) is 70.6 Å². The minimum atomic E-state index is -0.117. The Hall–Kier alpha value is -2.47. The highest BCUT2D eigenvalue weighted by molar-refractivity contribution is 9.10. The molecule has 1 aromatic carbocycles. The fourth-order valence-electron chi connectivity index (χ4n) is 2.18. The van der Waals surface area contributed by atoms with Crippen LogP contribution in [0.25, 0.3) is 11.3 Å². The molecule has 0 aliphatic heterocycles. The molecule has 0 saturated carbocycles. The molecular weight excluding hydrogens is 356 g/mol. The average molecular weight is 371 g/mol. The van der Waals surface area contributed by atoms with E-state index in [2.05, 4.69) is 31.3 Å². The second-order valence-electron chi connectivity index (χ2n) is 5.12. The van der Waals surface area contributed by atoms with Crippen molar-refractivity contribution in [1.29, 1.82) is 0 Å². The summed E-state index contributed by atoms with van der Waals surface area (Å²) in [6, 6.07) is 11.2. The van der Waals surface area contributed by atoms with E-state index >= 15 is 0 Å². The van der Waals surface area contributed by atoms with Gasteiger partial charge in [-0.05, 0) is 39.7 Å². The first kappa shape index (κ1) is 15.4. The molecule has 0 spiro atoms. The van der Waals surface area contributed by atoms with Crippen LogP contribution in [-0.2, 0) is 13.6 Å². The third kappa shape index (κ3) is 3.65. The molecule has 3 aromatic rings. The molecular formula is C17H15BrN4O. The van der Waals surface area contributed by atoms with Gasteiger partial charge in [-0.3, -0.25) is 14.5 Å². The number of carbonyl (C=O) groups is 1. The molecule has 2 heterocycles. The molecule has 2 aromatic heterocycles. The van der Waals surface area contributed by atoms with Crippen molar-refractivity contribution in [2.45, 2.75) is 6.54 Å². The van der Waals surface area contributed by atoms with Crippen LogP contribution in [0.5, 0.6) is 0 Å². The number of aromatic nitrogens is 3. The van der Waals surface area contributed by atoms with Gasteiger partial charge in [0.1, 0.15) is 0 Å². The number of hydrogen-bond donors (Lipinski definition) is 1. The molecule has 0 fully saturated rings. The summed E-state index contributed by atoms with van der Waals surface area (Å²) in [6.07, 6.45) is 5.45. The zero-order chi connectivity index (χ0) is 16.2. The summed E-state index contributed by atoms with van der Waals surface area (Å²) in [5.74, 6) is -0.117. The van der Waals surface area contributed by atoms with E-state index in [1.807, 2.05) is 43.6 Å². The minimum Gasteiger partial charge on any atom is -0.348 e. The first-order valence-corrected chi connectivity index (χ1v) is 7.89. The Morgan fingerprint density at radius 1 is 1.22 bits per heavy atom. The number of amides is 1. The maximum atomic E-state index is 12.2. The highest BCUT2D eigenvalue weighted by atomic mass is 79.9. The predicted molar refractivity (Wildman–Crippen MR) is 91.8 cm³/mol. The van der Waals surface area contributed by atoms with Crippen molar-refractivity contribution in [1.82, 2.24) is 20.1 Å². The molecule has 1 amide bonds. The minimum absolute atomic E-state index is 0.117. The van der Waals surface area contributed by atoms with Crippen molar-refractivity contribution in [2.75, 3.05) is 0 Å². The van der Waals surface area contributed by atoms with Gasteiger partial charge < -0.3 is 5.32 Å². The molecule has 6 heteroatoms. The third-order valence-electron chi connectivity index (χ3n) is 3.40. The summed E-state index contributed by atoms with van der Waals surface area (Å²) in [6.45, 7) is 0.431. The third-order valence-corrected chi connectivity index (χ3v) is 4.09. The Morgan fingerprint density at radius 3 is 2.70 bits per heavy atom. The predicted octanol–water partition coefficient (Wildman–Crippen LogP) is 3.17. The molecule has 116 valence electrons. The van der Waals surface area contributed by atoms with Crippen molar-refractivity contribution >= 4 is 21.8 Å². The van der Waals surface area contributed by atoms with E-state index in [-0.39, 0.29) is 5.91 Å². The number of carbonyl (C=O) groups excluding carboxylic acids is 1. The van der Waals surface area contributed by atoms with E-state index in [1.165, 1.54) is 0 Å². The number of nitrogens with zero attached hydrogens (tertiary/aromatic N) is 3. The van der Waals surface area contributed by atoms with Crippen LogP contribution in [-0.4, -0.2) is 20.7 Å². The normalized spacial score (nSPS) is 10.5. The van der Waals surface area contributed by atoms with Crippen molar-refractivity contribution < 1.29 is 4.79 Å². The van der Waals surface area contributed by atoms with Crippen LogP contribution < -0.4 is 5.32 Å². The van der Waals surface area contributed by atoms with Gasteiger partial charge in [-0.2, -0.15) is 5.10 Å². The van der Waals surface area contributed by atoms with Crippen molar-refractivity contribution in [3.8, 4) is 11.3 Å². The Bertz CT molecular complexity index is 827. The first-order chi connectivity index (χ1) is 11.1. The zero-order valence-corrected chi connectivity index (χ0v) is 14.1. The van der Waals surface area contributed by atoms with Gasteiger partial charge in [0.2, 0.25) is 0 Å². The van der Waals surface area contributed by atoms with Crippen LogP contribution in [0.15, 0.2) is 59.5 Å². The molecule has 0 radical (unpaired) electrons. The second kappa shape index (κ2) is 6.75. The van der Waals surface area contributed by atoms with Crippen LogP contribution in [0.1, 0.15) is 15.9 Å². The van der Waals surface area contributed by atoms with Gasteiger partial charge in [-0.15, -0.1) is 0 Å². The number of pyridine rings is 1. The molecule has 23 heavy (non-hydrogen) atoms. The summed E-state index contributed by atoms with van der Waals surface area (Å²) >= 11 is 3.38. The molecule has 0 bridgehead atoms. The van der Waals surface area contributed by atoms with Crippen LogP contribution in [0.3, 0.4) is 0 Å². The number of nitrogens with one attached hydrogen (secondary N) is 1. The summed E-state index contributed by atoms with van der Waals surface area (Å²) in [4.78, 5) is 16.6. The zero-order valence-electron chi connectivity index (χ0n) is 12.5. The van der Waals surface area contributed by atoms with Gasteiger partial charge in [0, 0.05) is 36.0 Å². The van der Waals surface area contributed by atoms with Gasteiger partial charge in [0.05, 0.1) is 17.5 Å². The SMILES string of the molecule is Cn1cc(-c2ccc(CNC(=O)c3ccccc3Br)cn2)cn1. The Labute approximate surface area is 142 Å². The van der Waals surface area contributed by atoms with Gasteiger partial charge in [0.15, 0.2) is 0 Å². The van der Waals surface area contributed by atoms with Gasteiger partial charge >= 0.3 is 0 Å². The maximum absolute atomic E-state index is 12.2. The van der Waals surface area contributed by atoms with Crippen molar-refractivity contribution in [2.24, 2.45) is 7.05 Å².